The third-order valence-corrected chi connectivity index (χ3v) is 4.99. The molecule has 0 bridgehead atoms. The van der Waals surface area contributed by atoms with Crippen LogP contribution in [0.4, 0.5) is 23.7 Å². The number of anilines is 1. The van der Waals surface area contributed by atoms with E-state index in [-0.39, 0.29) is 25.4 Å². The summed E-state index contributed by atoms with van der Waals surface area (Å²) in [5.74, 6) is 0. The quantitative estimate of drug-likeness (QED) is 0.632. The SMILES string of the molecule is O=C(Nc1ccc(Cl)cc1)OC(CN1CCOC(c2cccc(Cl)c2)C1)C(F)(F)F. The first-order valence-electron chi connectivity index (χ1n) is 9.10. The number of nitrogens with zero attached hydrogens (tertiary/aromatic N) is 1. The van der Waals surface area contributed by atoms with Gasteiger partial charge in [0.25, 0.3) is 0 Å². The Morgan fingerprint density at radius 1 is 1.20 bits per heavy atom. The van der Waals surface area contributed by atoms with Crippen LogP contribution in [0.2, 0.25) is 10.0 Å². The number of carbonyl (C=O) groups is 1. The van der Waals surface area contributed by atoms with Gasteiger partial charge in [-0.3, -0.25) is 10.2 Å². The van der Waals surface area contributed by atoms with Gasteiger partial charge in [-0.05, 0) is 42.0 Å². The van der Waals surface area contributed by atoms with Crippen molar-refractivity contribution < 1.29 is 27.4 Å². The minimum atomic E-state index is -4.72. The molecule has 1 aliphatic heterocycles. The van der Waals surface area contributed by atoms with Crippen molar-refractivity contribution in [1.82, 2.24) is 4.90 Å². The second-order valence-electron chi connectivity index (χ2n) is 6.74. The number of hydrogen-bond donors (Lipinski definition) is 1. The Morgan fingerprint density at radius 3 is 2.60 bits per heavy atom. The molecule has 3 rings (SSSR count). The highest BCUT2D eigenvalue weighted by Crippen LogP contribution is 2.28. The summed E-state index contributed by atoms with van der Waals surface area (Å²) < 4.78 is 50.9. The molecule has 2 unspecified atom stereocenters. The molecule has 5 nitrogen and oxygen atoms in total. The third-order valence-electron chi connectivity index (χ3n) is 4.50. The maximum absolute atomic E-state index is 13.5. The predicted octanol–water partition coefficient (Wildman–Crippen LogP) is 5.55. The molecule has 0 radical (unpaired) electrons. The highest BCUT2D eigenvalue weighted by molar-refractivity contribution is 6.30. The fourth-order valence-corrected chi connectivity index (χ4v) is 3.35. The van der Waals surface area contributed by atoms with E-state index in [0.29, 0.717) is 10.0 Å². The minimum absolute atomic E-state index is 0.217. The average Bonchev–Trinajstić information content (AvgIpc) is 2.69. The molecular weight excluding hydrogens is 444 g/mol. The molecule has 0 aliphatic carbocycles. The summed E-state index contributed by atoms with van der Waals surface area (Å²) in [6, 6.07) is 12.9. The van der Waals surface area contributed by atoms with Crippen molar-refractivity contribution in [3.8, 4) is 0 Å². The van der Waals surface area contributed by atoms with Crippen LogP contribution >= 0.6 is 23.2 Å². The Labute approximate surface area is 181 Å². The number of amides is 1. The lowest BCUT2D eigenvalue weighted by Crippen LogP contribution is -2.48. The maximum Gasteiger partial charge on any atom is 0.426 e. The molecular formula is C20H19Cl2F3N2O3. The summed E-state index contributed by atoms with van der Waals surface area (Å²) >= 11 is 11.7. The normalized spacial score (nSPS) is 18.6. The molecule has 10 heteroatoms. The van der Waals surface area contributed by atoms with Crippen LogP contribution in [-0.2, 0) is 9.47 Å². The second-order valence-corrected chi connectivity index (χ2v) is 7.61. The van der Waals surface area contributed by atoms with Crippen LogP contribution in [0.3, 0.4) is 0 Å². The first-order valence-corrected chi connectivity index (χ1v) is 9.85. The molecule has 1 heterocycles. The number of benzene rings is 2. The number of morpholine rings is 1. The number of ether oxygens (including phenoxy) is 2. The topological polar surface area (TPSA) is 50.8 Å². The Hall–Kier alpha value is -2.00. The molecule has 30 heavy (non-hydrogen) atoms. The van der Waals surface area contributed by atoms with Crippen LogP contribution in [0, 0.1) is 0 Å². The molecule has 1 fully saturated rings. The predicted molar refractivity (Wildman–Crippen MR) is 108 cm³/mol. The van der Waals surface area contributed by atoms with Gasteiger partial charge in [0.2, 0.25) is 6.10 Å². The van der Waals surface area contributed by atoms with Crippen LogP contribution in [0.5, 0.6) is 0 Å². The first kappa shape index (κ1) is 22.7. The summed E-state index contributed by atoms with van der Waals surface area (Å²) in [5.41, 5.74) is 1.05. The van der Waals surface area contributed by atoms with Crippen molar-refractivity contribution >= 4 is 35.0 Å². The molecule has 2 aromatic carbocycles. The summed E-state index contributed by atoms with van der Waals surface area (Å²) in [4.78, 5) is 13.6. The van der Waals surface area contributed by atoms with Crippen molar-refractivity contribution in [2.24, 2.45) is 0 Å². The zero-order chi connectivity index (χ0) is 21.7. The minimum Gasteiger partial charge on any atom is -0.435 e. The van der Waals surface area contributed by atoms with Crippen LogP contribution in [0.25, 0.3) is 0 Å². The van der Waals surface area contributed by atoms with Gasteiger partial charge in [-0.15, -0.1) is 0 Å². The molecule has 1 saturated heterocycles. The number of rotatable bonds is 5. The fourth-order valence-electron chi connectivity index (χ4n) is 3.03. The summed E-state index contributed by atoms with van der Waals surface area (Å²) in [6.45, 7) is 0.248. The van der Waals surface area contributed by atoms with Gasteiger partial charge in [-0.25, -0.2) is 4.79 Å². The Balaban J connectivity index is 1.62. The number of hydrogen-bond acceptors (Lipinski definition) is 4. The van der Waals surface area contributed by atoms with Crippen molar-refractivity contribution in [2.75, 3.05) is 31.6 Å². The molecule has 2 atom stereocenters. The van der Waals surface area contributed by atoms with Gasteiger partial charge >= 0.3 is 12.3 Å². The van der Waals surface area contributed by atoms with Gasteiger partial charge < -0.3 is 9.47 Å². The molecule has 0 saturated carbocycles. The van der Waals surface area contributed by atoms with Gasteiger partial charge in [0.1, 0.15) is 0 Å². The van der Waals surface area contributed by atoms with Gasteiger partial charge in [0, 0.05) is 35.4 Å². The lowest BCUT2D eigenvalue weighted by Gasteiger charge is -2.35. The van der Waals surface area contributed by atoms with Gasteiger partial charge in [-0.2, -0.15) is 13.2 Å². The highest BCUT2D eigenvalue weighted by atomic mass is 35.5. The zero-order valence-corrected chi connectivity index (χ0v) is 17.2. The Kier molecular flexibility index (Phi) is 7.46. The molecule has 2 aromatic rings. The molecule has 1 amide bonds. The van der Waals surface area contributed by atoms with E-state index in [9.17, 15) is 18.0 Å². The molecule has 1 N–H and O–H groups in total. The number of nitrogens with one attached hydrogen (secondary N) is 1. The van der Waals surface area contributed by atoms with Gasteiger partial charge in [0.05, 0.1) is 12.7 Å². The summed E-state index contributed by atoms with van der Waals surface area (Å²) in [7, 11) is 0. The monoisotopic (exact) mass is 462 g/mol. The number of halogens is 5. The first-order chi connectivity index (χ1) is 14.2. The van der Waals surface area contributed by atoms with Crippen molar-refractivity contribution in [3.05, 3.63) is 64.1 Å². The van der Waals surface area contributed by atoms with E-state index in [4.69, 9.17) is 32.7 Å². The van der Waals surface area contributed by atoms with Crippen molar-refractivity contribution in [2.45, 2.75) is 18.4 Å². The second kappa shape index (κ2) is 9.87. The van der Waals surface area contributed by atoms with Crippen molar-refractivity contribution in [3.63, 3.8) is 0 Å². The van der Waals surface area contributed by atoms with E-state index in [1.165, 1.54) is 24.3 Å². The van der Waals surface area contributed by atoms with E-state index >= 15 is 0 Å². The highest BCUT2D eigenvalue weighted by Gasteiger charge is 2.44. The Morgan fingerprint density at radius 2 is 1.93 bits per heavy atom. The lowest BCUT2D eigenvalue weighted by molar-refractivity contribution is -0.209. The van der Waals surface area contributed by atoms with Crippen LogP contribution in [-0.4, -0.2) is 49.5 Å². The largest absolute Gasteiger partial charge is 0.435 e. The zero-order valence-electron chi connectivity index (χ0n) is 15.7. The van der Waals surface area contributed by atoms with Crippen LogP contribution < -0.4 is 5.32 Å². The Bertz CT molecular complexity index is 865. The average molecular weight is 463 g/mol. The van der Waals surface area contributed by atoms with E-state index < -0.39 is 31.0 Å². The molecule has 162 valence electrons. The number of alkyl halides is 3. The standard InChI is InChI=1S/C20H19Cl2F3N2O3/c21-14-4-6-16(7-5-14)26-19(28)30-18(20(23,24)25)12-27-8-9-29-17(11-27)13-2-1-3-15(22)10-13/h1-7,10,17-18H,8-9,11-12H2,(H,26,28). The number of carbonyl (C=O) groups excluding carboxylic acids is 1. The lowest BCUT2D eigenvalue weighted by atomic mass is 10.1. The smallest absolute Gasteiger partial charge is 0.426 e. The maximum atomic E-state index is 13.5. The summed E-state index contributed by atoms with van der Waals surface area (Å²) in [6.07, 6.45) is -8.63. The van der Waals surface area contributed by atoms with Gasteiger partial charge in [-0.1, -0.05) is 35.3 Å². The van der Waals surface area contributed by atoms with Crippen molar-refractivity contribution in [1.29, 1.82) is 0 Å². The molecule has 1 aliphatic rings. The van der Waals surface area contributed by atoms with Gasteiger partial charge in [0.15, 0.2) is 0 Å². The molecule has 0 spiro atoms. The van der Waals surface area contributed by atoms with E-state index in [0.717, 1.165) is 5.56 Å². The van der Waals surface area contributed by atoms with E-state index in [2.05, 4.69) is 5.32 Å². The summed E-state index contributed by atoms with van der Waals surface area (Å²) in [5, 5.41) is 3.22. The fraction of sp³-hybridized carbons (Fsp3) is 0.350. The van der Waals surface area contributed by atoms with E-state index in [1.807, 2.05) is 0 Å². The van der Waals surface area contributed by atoms with Crippen LogP contribution in [0.15, 0.2) is 48.5 Å². The third kappa shape index (κ3) is 6.50. The van der Waals surface area contributed by atoms with Crippen LogP contribution in [0.1, 0.15) is 11.7 Å². The molecule has 0 aromatic heterocycles. The van der Waals surface area contributed by atoms with E-state index in [1.54, 1.807) is 29.2 Å².